The first-order valence-corrected chi connectivity index (χ1v) is 8.89. The van der Waals surface area contributed by atoms with Gasteiger partial charge in [0.05, 0.1) is 22.5 Å². The van der Waals surface area contributed by atoms with Crippen LogP contribution in [0.15, 0.2) is 30.0 Å². The van der Waals surface area contributed by atoms with E-state index in [0.717, 1.165) is 35.1 Å². The number of imidazole rings is 1. The first-order chi connectivity index (χ1) is 11.3. The van der Waals surface area contributed by atoms with Crippen molar-refractivity contribution < 1.29 is 0 Å². The number of nitrogens with one attached hydrogen (secondary N) is 1. The second kappa shape index (κ2) is 5.01. The van der Waals surface area contributed by atoms with Gasteiger partial charge in [0.1, 0.15) is 5.82 Å². The Labute approximate surface area is 138 Å². The Morgan fingerprint density at radius 1 is 1.30 bits per heavy atom. The van der Waals surface area contributed by atoms with E-state index in [-0.39, 0.29) is 0 Å². The fourth-order valence-electron chi connectivity index (χ4n) is 3.97. The predicted molar refractivity (Wildman–Crippen MR) is 90.7 cm³/mol. The molecule has 0 spiro atoms. The van der Waals surface area contributed by atoms with E-state index in [4.69, 9.17) is 4.98 Å². The van der Waals surface area contributed by atoms with Crippen molar-refractivity contribution in [3.63, 3.8) is 0 Å². The highest BCUT2D eigenvalue weighted by Gasteiger charge is 2.46. The molecule has 0 saturated carbocycles. The van der Waals surface area contributed by atoms with Gasteiger partial charge in [0.15, 0.2) is 0 Å². The molecule has 2 bridgehead atoms. The molecule has 118 valence electrons. The average Bonchev–Trinajstić information content (AvgIpc) is 3.36. The van der Waals surface area contributed by atoms with Gasteiger partial charge in [-0.2, -0.15) is 0 Å². The smallest absolute Gasteiger partial charge is 0.226 e. The summed E-state index contributed by atoms with van der Waals surface area (Å²) >= 11 is 1.69. The van der Waals surface area contributed by atoms with Crippen LogP contribution in [0.4, 0.5) is 5.95 Å². The van der Waals surface area contributed by atoms with Crippen LogP contribution in [-0.2, 0) is 0 Å². The van der Waals surface area contributed by atoms with E-state index < -0.39 is 0 Å². The SMILES string of the molecule is CC(c1ncc[nH]1)N1C[C@@H]2C[C@H]1CN2c1ncc2sccc2n1. The van der Waals surface area contributed by atoms with Crippen molar-refractivity contribution in [2.45, 2.75) is 31.5 Å². The maximum Gasteiger partial charge on any atom is 0.226 e. The van der Waals surface area contributed by atoms with Crippen LogP contribution in [0.25, 0.3) is 10.2 Å². The summed E-state index contributed by atoms with van der Waals surface area (Å²) < 4.78 is 1.16. The Balaban J connectivity index is 1.37. The largest absolute Gasteiger partial charge is 0.347 e. The van der Waals surface area contributed by atoms with E-state index in [1.165, 1.54) is 6.42 Å². The number of rotatable bonds is 3. The fraction of sp³-hybridized carbons (Fsp3) is 0.438. The Hall–Kier alpha value is -1.99. The molecule has 2 fully saturated rings. The van der Waals surface area contributed by atoms with Crippen molar-refractivity contribution >= 4 is 27.5 Å². The normalized spacial score (nSPS) is 25.5. The lowest BCUT2D eigenvalue weighted by atomic mass is 10.2. The van der Waals surface area contributed by atoms with Crippen molar-refractivity contribution in [2.75, 3.05) is 18.0 Å². The molecule has 3 aromatic rings. The van der Waals surface area contributed by atoms with E-state index in [1.807, 2.05) is 18.6 Å². The summed E-state index contributed by atoms with van der Waals surface area (Å²) in [7, 11) is 0. The number of thiophene rings is 1. The van der Waals surface area contributed by atoms with Gasteiger partial charge >= 0.3 is 0 Å². The first-order valence-electron chi connectivity index (χ1n) is 8.01. The molecule has 2 aliphatic heterocycles. The lowest BCUT2D eigenvalue weighted by Gasteiger charge is -2.36. The zero-order chi connectivity index (χ0) is 15.4. The highest BCUT2D eigenvalue weighted by Crippen LogP contribution is 2.37. The van der Waals surface area contributed by atoms with Gasteiger partial charge in [-0.15, -0.1) is 11.3 Å². The van der Waals surface area contributed by atoms with Crippen LogP contribution < -0.4 is 4.90 Å². The molecule has 23 heavy (non-hydrogen) atoms. The molecule has 5 rings (SSSR count). The molecule has 2 aliphatic rings. The topological polar surface area (TPSA) is 60.9 Å². The van der Waals surface area contributed by atoms with Gasteiger partial charge in [0.2, 0.25) is 5.95 Å². The molecule has 2 saturated heterocycles. The summed E-state index contributed by atoms with van der Waals surface area (Å²) in [6, 6.07) is 3.47. The van der Waals surface area contributed by atoms with Gasteiger partial charge in [-0.1, -0.05) is 0 Å². The molecule has 0 radical (unpaired) electrons. The number of piperazine rings is 1. The third-order valence-corrected chi connectivity index (χ3v) is 5.98. The number of aromatic nitrogens is 4. The van der Waals surface area contributed by atoms with Crippen molar-refractivity contribution in [1.82, 2.24) is 24.8 Å². The van der Waals surface area contributed by atoms with Crippen molar-refractivity contribution in [3.05, 3.63) is 35.9 Å². The molecule has 7 heteroatoms. The Kier molecular flexibility index (Phi) is 2.93. The summed E-state index contributed by atoms with van der Waals surface area (Å²) in [5.74, 6) is 1.94. The predicted octanol–water partition coefficient (Wildman–Crippen LogP) is 2.44. The average molecular weight is 326 g/mol. The maximum atomic E-state index is 4.74. The molecule has 6 nitrogen and oxygen atoms in total. The number of nitrogens with zero attached hydrogens (tertiary/aromatic N) is 5. The molecule has 5 heterocycles. The van der Waals surface area contributed by atoms with E-state index in [2.05, 4.69) is 43.1 Å². The highest BCUT2D eigenvalue weighted by molar-refractivity contribution is 7.17. The minimum absolute atomic E-state index is 0.336. The number of H-pyrrole nitrogens is 1. The Bertz CT molecular complexity index is 828. The number of hydrogen-bond acceptors (Lipinski definition) is 6. The highest BCUT2D eigenvalue weighted by atomic mass is 32.1. The van der Waals surface area contributed by atoms with Crippen LogP contribution in [0.5, 0.6) is 0 Å². The first kappa shape index (κ1) is 13.4. The maximum absolute atomic E-state index is 4.74. The molecular weight excluding hydrogens is 308 g/mol. The van der Waals surface area contributed by atoms with Crippen molar-refractivity contribution in [1.29, 1.82) is 0 Å². The van der Waals surface area contributed by atoms with E-state index in [0.29, 0.717) is 18.1 Å². The lowest BCUT2D eigenvalue weighted by Crippen LogP contribution is -2.47. The standard InChI is InChI=1S/C16H18N6S/c1-10(15-17-3-4-18-15)21-8-12-6-11(21)9-22(12)16-19-7-14-13(20-16)2-5-23-14/h2-5,7,10-12H,6,8-9H2,1H3,(H,17,18)/t10?,11-,12-/m0/s1. The molecule has 3 atom stereocenters. The third kappa shape index (κ3) is 2.07. The van der Waals surface area contributed by atoms with E-state index >= 15 is 0 Å². The van der Waals surface area contributed by atoms with Gasteiger partial charge in [-0.05, 0) is 24.8 Å². The van der Waals surface area contributed by atoms with Gasteiger partial charge in [0, 0.05) is 37.6 Å². The molecule has 0 aliphatic carbocycles. The molecule has 3 aromatic heterocycles. The molecular formula is C16H18N6S. The zero-order valence-corrected chi connectivity index (χ0v) is 13.7. The van der Waals surface area contributed by atoms with Gasteiger partial charge in [0.25, 0.3) is 0 Å². The minimum Gasteiger partial charge on any atom is -0.347 e. The molecule has 1 unspecified atom stereocenters. The van der Waals surface area contributed by atoms with Crippen LogP contribution in [-0.4, -0.2) is 50.0 Å². The number of anilines is 1. The third-order valence-electron chi connectivity index (χ3n) is 5.14. The minimum atomic E-state index is 0.336. The van der Waals surface area contributed by atoms with Crippen LogP contribution in [0.3, 0.4) is 0 Å². The van der Waals surface area contributed by atoms with Crippen molar-refractivity contribution in [2.24, 2.45) is 0 Å². The van der Waals surface area contributed by atoms with Crippen molar-refractivity contribution in [3.8, 4) is 0 Å². The van der Waals surface area contributed by atoms with Crippen LogP contribution >= 0.6 is 11.3 Å². The monoisotopic (exact) mass is 326 g/mol. The van der Waals surface area contributed by atoms with Crippen LogP contribution in [0, 0.1) is 0 Å². The zero-order valence-electron chi connectivity index (χ0n) is 12.9. The summed E-state index contributed by atoms with van der Waals surface area (Å²) in [5.41, 5.74) is 1.06. The number of hydrogen-bond donors (Lipinski definition) is 1. The van der Waals surface area contributed by atoms with Gasteiger partial charge in [-0.3, -0.25) is 4.90 Å². The molecule has 0 amide bonds. The molecule has 1 N–H and O–H groups in total. The second-order valence-electron chi connectivity index (χ2n) is 6.38. The fourth-order valence-corrected chi connectivity index (χ4v) is 4.67. The summed E-state index contributed by atoms with van der Waals surface area (Å²) in [4.78, 5) is 21.9. The van der Waals surface area contributed by atoms with E-state index in [1.54, 1.807) is 11.3 Å². The summed E-state index contributed by atoms with van der Waals surface area (Å²) in [5, 5.41) is 2.08. The van der Waals surface area contributed by atoms with E-state index in [9.17, 15) is 0 Å². The quantitative estimate of drug-likeness (QED) is 0.801. The van der Waals surface area contributed by atoms with Gasteiger partial charge < -0.3 is 9.88 Å². The summed E-state index contributed by atoms with van der Waals surface area (Å²) in [6.45, 7) is 4.29. The summed E-state index contributed by atoms with van der Waals surface area (Å²) in [6.07, 6.45) is 6.88. The number of likely N-dealkylation sites (tertiary alicyclic amines) is 1. The molecule has 0 aromatic carbocycles. The Morgan fingerprint density at radius 3 is 3.04 bits per heavy atom. The lowest BCUT2D eigenvalue weighted by molar-refractivity contribution is 0.174. The Morgan fingerprint density at radius 2 is 2.26 bits per heavy atom. The van der Waals surface area contributed by atoms with Crippen LogP contribution in [0.1, 0.15) is 25.2 Å². The van der Waals surface area contributed by atoms with Crippen LogP contribution in [0.2, 0.25) is 0 Å². The van der Waals surface area contributed by atoms with Gasteiger partial charge in [-0.25, -0.2) is 15.0 Å². The number of aromatic amines is 1. The number of fused-ring (bicyclic) bond motifs is 3. The second-order valence-corrected chi connectivity index (χ2v) is 7.33.